The van der Waals surface area contributed by atoms with Crippen LogP contribution in [0.1, 0.15) is 36.6 Å². The van der Waals surface area contributed by atoms with E-state index in [0.717, 1.165) is 28.2 Å². The Balaban J connectivity index is 2.42. The summed E-state index contributed by atoms with van der Waals surface area (Å²) in [6.45, 7) is 6.05. The van der Waals surface area contributed by atoms with Crippen LogP contribution in [-0.4, -0.2) is 13.2 Å². The quantitative estimate of drug-likeness (QED) is 0.907. The topological polar surface area (TPSA) is 44.5 Å². The van der Waals surface area contributed by atoms with Gasteiger partial charge < -0.3 is 15.2 Å². The maximum Gasteiger partial charge on any atom is 0.124 e. The van der Waals surface area contributed by atoms with E-state index in [1.165, 1.54) is 0 Å². The van der Waals surface area contributed by atoms with Gasteiger partial charge in [0.25, 0.3) is 0 Å². The van der Waals surface area contributed by atoms with Crippen molar-refractivity contribution in [3.63, 3.8) is 0 Å². The molecule has 0 aliphatic rings. The number of rotatable bonds is 5. The van der Waals surface area contributed by atoms with E-state index in [4.69, 9.17) is 15.2 Å². The van der Waals surface area contributed by atoms with Crippen LogP contribution in [0, 0.1) is 6.92 Å². The van der Waals surface area contributed by atoms with Gasteiger partial charge >= 0.3 is 0 Å². The van der Waals surface area contributed by atoms with Crippen LogP contribution in [0.3, 0.4) is 0 Å². The van der Waals surface area contributed by atoms with E-state index < -0.39 is 0 Å². The minimum atomic E-state index is -0.282. The smallest absolute Gasteiger partial charge is 0.124 e. The zero-order valence-corrected chi connectivity index (χ0v) is 13.1. The van der Waals surface area contributed by atoms with Gasteiger partial charge in [0.2, 0.25) is 0 Å². The molecular formula is C18H23NO2. The second-order valence-corrected chi connectivity index (χ2v) is 5.43. The van der Waals surface area contributed by atoms with Gasteiger partial charge in [-0.2, -0.15) is 0 Å². The number of nitrogens with two attached hydrogens (primary N) is 1. The van der Waals surface area contributed by atoms with Crippen LogP contribution in [0.4, 0.5) is 0 Å². The first-order chi connectivity index (χ1) is 10.0. The van der Waals surface area contributed by atoms with Gasteiger partial charge in [-0.15, -0.1) is 0 Å². The molecule has 0 aromatic heterocycles. The summed E-state index contributed by atoms with van der Waals surface area (Å²) in [6, 6.07) is 13.7. The second-order valence-electron chi connectivity index (χ2n) is 5.43. The van der Waals surface area contributed by atoms with Crippen LogP contribution in [0.15, 0.2) is 42.5 Å². The van der Waals surface area contributed by atoms with Crippen LogP contribution in [-0.2, 0) is 0 Å². The molecule has 0 aliphatic heterocycles. The van der Waals surface area contributed by atoms with Crippen molar-refractivity contribution in [3.8, 4) is 11.5 Å². The zero-order chi connectivity index (χ0) is 15.4. The normalized spacial score (nSPS) is 12.3. The molecule has 1 atom stereocenters. The lowest BCUT2D eigenvalue weighted by Gasteiger charge is -2.21. The number of benzene rings is 2. The molecule has 112 valence electrons. The fourth-order valence-corrected chi connectivity index (χ4v) is 2.34. The molecule has 0 amide bonds. The van der Waals surface area contributed by atoms with Crippen LogP contribution < -0.4 is 15.2 Å². The van der Waals surface area contributed by atoms with Crippen molar-refractivity contribution >= 4 is 0 Å². The predicted molar refractivity (Wildman–Crippen MR) is 86.0 cm³/mol. The molecule has 21 heavy (non-hydrogen) atoms. The molecule has 0 radical (unpaired) electrons. The Bertz CT molecular complexity index is 608. The summed E-state index contributed by atoms with van der Waals surface area (Å²) >= 11 is 0. The van der Waals surface area contributed by atoms with E-state index in [2.05, 4.69) is 0 Å². The number of para-hydroxylation sites is 1. The van der Waals surface area contributed by atoms with Crippen molar-refractivity contribution < 1.29 is 9.47 Å². The molecule has 0 fully saturated rings. The van der Waals surface area contributed by atoms with Crippen molar-refractivity contribution in [2.45, 2.75) is 32.9 Å². The van der Waals surface area contributed by atoms with Crippen LogP contribution in [0.2, 0.25) is 0 Å². The summed E-state index contributed by atoms with van der Waals surface area (Å²) in [4.78, 5) is 0. The molecule has 3 heteroatoms. The SMILES string of the molecule is COc1cc(C)ccc1C(N)c1ccccc1OC(C)C. The van der Waals surface area contributed by atoms with Gasteiger partial charge in [0.1, 0.15) is 11.5 Å². The lowest BCUT2D eigenvalue weighted by molar-refractivity contribution is 0.239. The highest BCUT2D eigenvalue weighted by molar-refractivity contribution is 5.47. The maximum absolute atomic E-state index is 6.46. The van der Waals surface area contributed by atoms with Crippen molar-refractivity contribution in [3.05, 3.63) is 59.2 Å². The molecule has 0 saturated heterocycles. The Hall–Kier alpha value is -2.00. The predicted octanol–water partition coefficient (Wildman–Crippen LogP) is 3.84. The molecule has 0 aliphatic carbocycles. The summed E-state index contributed by atoms with van der Waals surface area (Å²) in [6.07, 6.45) is 0.110. The first kappa shape index (κ1) is 15.4. The van der Waals surface area contributed by atoms with Gasteiger partial charge in [-0.25, -0.2) is 0 Å². The standard InChI is InChI=1S/C18H23NO2/c1-12(2)21-16-8-6-5-7-14(16)18(19)15-10-9-13(3)11-17(15)20-4/h5-12,18H,19H2,1-4H3. The van der Waals surface area contributed by atoms with Gasteiger partial charge in [-0.1, -0.05) is 30.3 Å². The van der Waals surface area contributed by atoms with Crippen molar-refractivity contribution in [1.82, 2.24) is 0 Å². The monoisotopic (exact) mass is 285 g/mol. The van der Waals surface area contributed by atoms with Crippen molar-refractivity contribution in [1.29, 1.82) is 0 Å². The third-order valence-corrected chi connectivity index (χ3v) is 3.34. The molecule has 0 heterocycles. The minimum Gasteiger partial charge on any atom is -0.496 e. The first-order valence-electron chi connectivity index (χ1n) is 7.18. The van der Waals surface area contributed by atoms with Crippen molar-refractivity contribution in [2.24, 2.45) is 5.73 Å². The fraction of sp³-hybridized carbons (Fsp3) is 0.333. The maximum atomic E-state index is 6.46. The lowest BCUT2D eigenvalue weighted by atomic mass is 9.97. The van der Waals surface area contributed by atoms with E-state index >= 15 is 0 Å². The number of ether oxygens (including phenoxy) is 2. The Morgan fingerprint density at radius 2 is 1.62 bits per heavy atom. The summed E-state index contributed by atoms with van der Waals surface area (Å²) in [5, 5.41) is 0. The summed E-state index contributed by atoms with van der Waals surface area (Å²) in [7, 11) is 1.67. The fourth-order valence-electron chi connectivity index (χ4n) is 2.34. The number of hydrogen-bond acceptors (Lipinski definition) is 3. The summed E-state index contributed by atoms with van der Waals surface area (Å²) < 4.78 is 11.3. The molecule has 2 N–H and O–H groups in total. The summed E-state index contributed by atoms with van der Waals surface area (Å²) in [5.74, 6) is 1.63. The first-order valence-corrected chi connectivity index (χ1v) is 7.18. The van der Waals surface area contributed by atoms with Gasteiger partial charge in [0.05, 0.1) is 19.3 Å². The van der Waals surface area contributed by atoms with E-state index in [1.807, 2.05) is 63.2 Å². The molecule has 2 rings (SSSR count). The van der Waals surface area contributed by atoms with Crippen LogP contribution in [0.25, 0.3) is 0 Å². The number of methoxy groups -OCH3 is 1. The van der Waals surface area contributed by atoms with E-state index in [9.17, 15) is 0 Å². The third kappa shape index (κ3) is 3.56. The molecule has 3 nitrogen and oxygen atoms in total. The minimum absolute atomic E-state index is 0.110. The molecule has 2 aromatic rings. The highest BCUT2D eigenvalue weighted by Crippen LogP contribution is 2.33. The van der Waals surface area contributed by atoms with E-state index in [0.29, 0.717) is 0 Å². The second kappa shape index (κ2) is 6.64. The lowest BCUT2D eigenvalue weighted by Crippen LogP contribution is -2.16. The van der Waals surface area contributed by atoms with Crippen molar-refractivity contribution in [2.75, 3.05) is 7.11 Å². The van der Waals surface area contributed by atoms with E-state index in [-0.39, 0.29) is 12.1 Å². The van der Waals surface area contributed by atoms with Gasteiger partial charge in [0.15, 0.2) is 0 Å². The Labute approximate surface area is 126 Å². The van der Waals surface area contributed by atoms with Gasteiger partial charge in [0, 0.05) is 11.1 Å². The Kier molecular flexibility index (Phi) is 4.86. The highest BCUT2D eigenvalue weighted by Gasteiger charge is 2.18. The van der Waals surface area contributed by atoms with E-state index in [1.54, 1.807) is 7.11 Å². The zero-order valence-electron chi connectivity index (χ0n) is 13.1. The third-order valence-electron chi connectivity index (χ3n) is 3.34. The molecule has 0 spiro atoms. The Morgan fingerprint density at radius 3 is 2.29 bits per heavy atom. The highest BCUT2D eigenvalue weighted by atomic mass is 16.5. The number of hydrogen-bond donors (Lipinski definition) is 1. The Morgan fingerprint density at radius 1 is 0.952 bits per heavy atom. The largest absolute Gasteiger partial charge is 0.496 e. The number of aryl methyl sites for hydroxylation is 1. The van der Waals surface area contributed by atoms with Gasteiger partial charge in [-0.3, -0.25) is 0 Å². The average Bonchev–Trinajstić information content (AvgIpc) is 2.46. The molecule has 0 bridgehead atoms. The molecular weight excluding hydrogens is 262 g/mol. The van der Waals surface area contributed by atoms with Crippen LogP contribution >= 0.6 is 0 Å². The summed E-state index contributed by atoms with van der Waals surface area (Å²) in [5.41, 5.74) is 9.53. The average molecular weight is 285 g/mol. The molecule has 0 saturated carbocycles. The van der Waals surface area contributed by atoms with Crippen LogP contribution in [0.5, 0.6) is 11.5 Å². The van der Waals surface area contributed by atoms with Gasteiger partial charge in [-0.05, 0) is 38.5 Å². The molecule has 1 unspecified atom stereocenters. The molecule has 2 aromatic carbocycles.